The fraction of sp³-hybridized carbons (Fsp3) is 0.259. The summed E-state index contributed by atoms with van der Waals surface area (Å²) < 4.78 is 0. The second kappa shape index (κ2) is 9.37. The quantitative estimate of drug-likeness (QED) is 0.432. The summed E-state index contributed by atoms with van der Waals surface area (Å²) in [5.74, 6) is 0. The van der Waals surface area contributed by atoms with Crippen molar-refractivity contribution in [1.29, 1.82) is 0 Å². The first kappa shape index (κ1) is 19.2. The van der Waals surface area contributed by atoms with Gasteiger partial charge >= 0.3 is 0 Å². The number of hydrogen-bond acceptors (Lipinski definition) is 0. The topological polar surface area (TPSA) is 0 Å². The highest BCUT2D eigenvalue weighted by molar-refractivity contribution is 5.55. The number of hydrogen-bond donors (Lipinski definition) is 0. The monoisotopic (exact) mass is 354 g/mol. The minimum atomic E-state index is 0.983. The Morgan fingerprint density at radius 2 is 1.26 bits per heavy atom. The predicted octanol–water partition coefficient (Wildman–Crippen LogP) is 6.91. The minimum absolute atomic E-state index is 0.983. The highest BCUT2D eigenvalue weighted by Crippen LogP contribution is 2.16. The van der Waals surface area contributed by atoms with E-state index in [0.717, 1.165) is 25.7 Å². The normalized spacial score (nSPS) is 11.2. The summed E-state index contributed by atoms with van der Waals surface area (Å²) in [5.41, 5.74) is 9.59. The standard InChI is InChI=1S/C27H30/c1-4-23-14-16-24(17-15-23)6-5-7-27-20-26(13-10-22(27)3)19-18-25-11-8-21(2)9-12-25/h5,7-17,20H,4,6,18-19H2,1-3H3/b7-5+. The molecular formula is C27H30. The summed E-state index contributed by atoms with van der Waals surface area (Å²) in [6.45, 7) is 6.53. The molecule has 0 heterocycles. The first-order valence-corrected chi connectivity index (χ1v) is 10.0. The van der Waals surface area contributed by atoms with Crippen LogP contribution in [0.5, 0.6) is 0 Å². The van der Waals surface area contributed by atoms with Crippen LogP contribution in [0.2, 0.25) is 0 Å². The fourth-order valence-electron chi connectivity index (χ4n) is 3.30. The van der Waals surface area contributed by atoms with Crippen LogP contribution in [-0.4, -0.2) is 0 Å². The average Bonchev–Trinajstić information content (AvgIpc) is 2.70. The minimum Gasteiger partial charge on any atom is -0.0795 e. The summed E-state index contributed by atoms with van der Waals surface area (Å²) >= 11 is 0. The van der Waals surface area contributed by atoms with Gasteiger partial charge in [-0.25, -0.2) is 0 Å². The summed E-state index contributed by atoms with van der Waals surface area (Å²) in [6.07, 6.45) is 8.83. The molecule has 3 aromatic rings. The van der Waals surface area contributed by atoms with E-state index >= 15 is 0 Å². The highest BCUT2D eigenvalue weighted by atomic mass is 14.1. The Hall–Kier alpha value is -2.60. The molecule has 3 rings (SSSR count). The maximum atomic E-state index is 2.35. The van der Waals surface area contributed by atoms with Crippen LogP contribution in [-0.2, 0) is 25.7 Å². The van der Waals surface area contributed by atoms with Gasteiger partial charge in [-0.3, -0.25) is 0 Å². The van der Waals surface area contributed by atoms with Crippen LogP contribution >= 0.6 is 0 Å². The van der Waals surface area contributed by atoms with Gasteiger partial charge in [0.25, 0.3) is 0 Å². The molecule has 0 saturated heterocycles. The lowest BCUT2D eigenvalue weighted by Crippen LogP contribution is -1.93. The van der Waals surface area contributed by atoms with E-state index < -0.39 is 0 Å². The smallest absolute Gasteiger partial charge is 0.00941 e. The fourth-order valence-corrected chi connectivity index (χ4v) is 3.30. The lowest BCUT2D eigenvalue weighted by Gasteiger charge is -2.07. The van der Waals surface area contributed by atoms with Crippen LogP contribution in [0.3, 0.4) is 0 Å². The van der Waals surface area contributed by atoms with E-state index in [9.17, 15) is 0 Å². The van der Waals surface area contributed by atoms with Crippen molar-refractivity contribution in [2.75, 3.05) is 0 Å². The summed E-state index contributed by atoms with van der Waals surface area (Å²) in [5, 5.41) is 0. The third-order valence-electron chi connectivity index (χ3n) is 5.25. The maximum Gasteiger partial charge on any atom is -0.00941 e. The first-order chi connectivity index (χ1) is 13.1. The number of aryl methyl sites for hydroxylation is 5. The molecule has 0 aliphatic heterocycles. The SMILES string of the molecule is CCc1ccc(C/C=C/c2cc(CCc3ccc(C)cc3)ccc2C)cc1. The number of benzene rings is 3. The van der Waals surface area contributed by atoms with E-state index in [2.05, 4.69) is 99.7 Å². The molecule has 3 aromatic carbocycles. The van der Waals surface area contributed by atoms with Crippen LogP contribution in [0.1, 0.15) is 45.9 Å². The van der Waals surface area contributed by atoms with Gasteiger partial charge in [-0.2, -0.15) is 0 Å². The molecule has 0 nitrogen and oxygen atoms in total. The molecular weight excluding hydrogens is 324 g/mol. The van der Waals surface area contributed by atoms with Crippen LogP contribution in [0, 0.1) is 13.8 Å². The molecule has 27 heavy (non-hydrogen) atoms. The van der Waals surface area contributed by atoms with Crippen LogP contribution < -0.4 is 0 Å². The largest absolute Gasteiger partial charge is 0.0795 e. The number of allylic oxidation sites excluding steroid dienone is 1. The van der Waals surface area contributed by atoms with Crippen molar-refractivity contribution in [3.8, 4) is 0 Å². The molecule has 0 amide bonds. The van der Waals surface area contributed by atoms with Gasteiger partial charge < -0.3 is 0 Å². The molecule has 0 heteroatoms. The molecule has 0 aliphatic rings. The van der Waals surface area contributed by atoms with Crippen LogP contribution in [0.25, 0.3) is 6.08 Å². The molecule has 0 fully saturated rings. The van der Waals surface area contributed by atoms with Gasteiger partial charge in [0.15, 0.2) is 0 Å². The van der Waals surface area contributed by atoms with Crippen molar-refractivity contribution >= 4 is 6.08 Å². The Kier molecular flexibility index (Phi) is 6.65. The maximum absolute atomic E-state index is 2.35. The summed E-state index contributed by atoms with van der Waals surface area (Å²) in [4.78, 5) is 0. The Labute approximate surface area is 164 Å². The molecule has 138 valence electrons. The van der Waals surface area contributed by atoms with Crippen molar-refractivity contribution in [3.05, 3.63) is 112 Å². The Morgan fingerprint density at radius 1 is 0.667 bits per heavy atom. The van der Waals surface area contributed by atoms with E-state index in [4.69, 9.17) is 0 Å². The zero-order valence-corrected chi connectivity index (χ0v) is 16.8. The average molecular weight is 355 g/mol. The molecule has 0 spiro atoms. The molecule has 0 bridgehead atoms. The predicted molar refractivity (Wildman–Crippen MR) is 118 cm³/mol. The van der Waals surface area contributed by atoms with Gasteiger partial charge in [0.1, 0.15) is 0 Å². The van der Waals surface area contributed by atoms with E-state index in [1.165, 1.54) is 38.9 Å². The van der Waals surface area contributed by atoms with Gasteiger partial charge in [-0.15, -0.1) is 0 Å². The van der Waals surface area contributed by atoms with E-state index in [1.807, 2.05) is 0 Å². The third kappa shape index (κ3) is 5.69. The van der Waals surface area contributed by atoms with Crippen molar-refractivity contribution in [1.82, 2.24) is 0 Å². The Morgan fingerprint density at radius 3 is 1.96 bits per heavy atom. The van der Waals surface area contributed by atoms with Gasteiger partial charge in [-0.05, 0) is 72.9 Å². The summed E-state index contributed by atoms with van der Waals surface area (Å²) in [6, 6.07) is 24.7. The second-order valence-corrected chi connectivity index (χ2v) is 7.45. The van der Waals surface area contributed by atoms with E-state index in [1.54, 1.807) is 0 Å². The summed E-state index contributed by atoms with van der Waals surface area (Å²) in [7, 11) is 0. The number of rotatable bonds is 7. The van der Waals surface area contributed by atoms with Crippen LogP contribution in [0.4, 0.5) is 0 Å². The zero-order valence-electron chi connectivity index (χ0n) is 16.8. The van der Waals surface area contributed by atoms with E-state index in [0.29, 0.717) is 0 Å². The third-order valence-corrected chi connectivity index (χ3v) is 5.25. The molecule has 0 unspecified atom stereocenters. The van der Waals surface area contributed by atoms with Gasteiger partial charge in [-0.1, -0.05) is 91.4 Å². The van der Waals surface area contributed by atoms with Crippen molar-refractivity contribution in [2.45, 2.75) is 46.5 Å². The van der Waals surface area contributed by atoms with Crippen molar-refractivity contribution < 1.29 is 0 Å². The second-order valence-electron chi connectivity index (χ2n) is 7.45. The molecule has 0 N–H and O–H groups in total. The molecule has 0 aromatic heterocycles. The van der Waals surface area contributed by atoms with E-state index in [-0.39, 0.29) is 0 Å². The Balaban J connectivity index is 1.62. The molecule has 0 atom stereocenters. The van der Waals surface area contributed by atoms with Crippen molar-refractivity contribution in [2.24, 2.45) is 0 Å². The first-order valence-electron chi connectivity index (χ1n) is 10.0. The van der Waals surface area contributed by atoms with Gasteiger partial charge in [0, 0.05) is 0 Å². The molecule has 0 saturated carbocycles. The highest BCUT2D eigenvalue weighted by Gasteiger charge is 2.00. The van der Waals surface area contributed by atoms with Crippen LogP contribution in [0.15, 0.2) is 72.8 Å². The lowest BCUT2D eigenvalue weighted by atomic mass is 9.98. The van der Waals surface area contributed by atoms with Gasteiger partial charge in [0.05, 0.1) is 0 Å². The molecule has 0 aliphatic carbocycles. The Bertz CT molecular complexity index is 880. The van der Waals surface area contributed by atoms with Crippen molar-refractivity contribution in [3.63, 3.8) is 0 Å². The zero-order chi connectivity index (χ0) is 19.1. The van der Waals surface area contributed by atoms with Gasteiger partial charge in [0.2, 0.25) is 0 Å². The lowest BCUT2D eigenvalue weighted by molar-refractivity contribution is 0.957. The molecule has 0 radical (unpaired) electrons.